The number of aryl methyl sites for hydroxylation is 1. The highest BCUT2D eigenvalue weighted by Gasteiger charge is 2.09. The normalized spacial score (nSPS) is 11.1. The smallest absolute Gasteiger partial charge is 0.327 e. The van der Waals surface area contributed by atoms with Gasteiger partial charge in [-0.15, -0.1) is 0 Å². The zero-order valence-corrected chi connectivity index (χ0v) is 8.97. The molecular weight excluding hydrogens is 220 g/mol. The molecule has 0 unspecified atom stereocenters. The molecule has 0 aliphatic rings. The van der Waals surface area contributed by atoms with Crippen molar-refractivity contribution in [3.8, 4) is 0 Å². The van der Waals surface area contributed by atoms with Crippen molar-refractivity contribution in [1.29, 1.82) is 0 Å². The van der Waals surface area contributed by atoms with Gasteiger partial charge in [-0.3, -0.25) is 4.98 Å². The van der Waals surface area contributed by atoms with Crippen molar-refractivity contribution < 1.29 is 0 Å². The maximum Gasteiger partial charge on any atom is 0.351 e. The second-order valence-corrected chi connectivity index (χ2v) is 3.71. The minimum absolute atomic E-state index is 0.398. The van der Waals surface area contributed by atoms with Crippen LogP contribution in [-0.2, 0) is 7.05 Å². The Balaban J connectivity index is 2.75. The molecule has 0 aliphatic heterocycles. The predicted octanol–water partition coefficient (Wildman–Crippen LogP) is 0.170. The SMILES string of the molecule is Cn1c2ccccc2c2nc(=O)[nH]c(=O)nc21. The van der Waals surface area contributed by atoms with Crippen LogP contribution in [0, 0.1) is 0 Å². The Morgan fingerprint density at radius 2 is 1.82 bits per heavy atom. The van der Waals surface area contributed by atoms with Gasteiger partial charge in [0.25, 0.3) is 0 Å². The molecule has 17 heavy (non-hydrogen) atoms. The van der Waals surface area contributed by atoms with Gasteiger partial charge in [0.15, 0.2) is 5.65 Å². The molecule has 6 heteroatoms. The van der Waals surface area contributed by atoms with Gasteiger partial charge in [0.2, 0.25) is 0 Å². The fourth-order valence-corrected chi connectivity index (χ4v) is 1.94. The van der Waals surface area contributed by atoms with Gasteiger partial charge < -0.3 is 4.57 Å². The molecule has 6 nitrogen and oxygen atoms in total. The van der Waals surface area contributed by atoms with Crippen LogP contribution in [0.4, 0.5) is 0 Å². The second kappa shape index (κ2) is 3.24. The first-order valence-corrected chi connectivity index (χ1v) is 5.02. The van der Waals surface area contributed by atoms with E-state index in [0.29, 0.717) is 11.2 Å². The summed E-state index contributed by atoms with van der Waals surface area (Å²) in [5.41, 5.74) is 0.339. The lowest BCUT2D eigenvalue weighted by molar-refractivity contribution is 0.972. The summed E-state index contributed by atoms with van der Waals surface area (Å²) in [7, 11) is 1.78. The van der Waals surface area contributed by atoms with Crippen LogP contribution in [0.3, 0.4) is 0 Å². The molecule has 3 rings (SSSR count). The highest BCUT2D eigenvalue weighted by atomic mass is 16.2. The summed E-state index contributed by atoms with van der Waals surface area (Å²) in [6.07, 6.45) is 0. The first-order chi connectivity index (χ1) is 8.16. The van der Waals surface area contributed by atoms with Crippen LogP contribution in [-0.4, -0.2) is 19.5 Å². The number of aromatic amines is 1. The molecule has 1 aromatic carbocycles. The monoisotopic (exact) mass is 228 g/mol. The summed E-state index contributed by atoms with van der Waals surface area (Å²) in [6, 6.07) is 7.46. The number of nitrogens with zero attached hydrogens (tertiary/aromatic N) is 3. The fraction of sp³-hybridized carbons (Fsp3) is 0.0909. The van der Waals surface area contributed by atoms with Crippen molar-refractivity contribution in [1.82, 2.24) is 19.5 Å². The molecule has 2 aromatic heterocycles. The molecule has 0 amide bonds. The van der Waals surface area contributed by atoms with Gasteiger partial charge in [0.05, 0.1) is 5.52 Å². The van der Waals surface area contributed by atoms with Crippen LogP contribution in [0.2, 0.25) is 0 Å². The highest BCUT2D eigenvalue weighted by Crippen LogP contribution is 2.22. The van der Waals surface area contributed by atoms with Gasteiger partial charge in [-0.05, 0) is 6.07 Å². The van der Waals surface area contributed by atoms with Crippen molar-refractivity contribution in [2.24, 2.45) is 7.05 Å². The standard InChI is InChI=1S/C11H8N4O2/c1-15-7-5-3-2-4-6(7)8-9(15)13-11(17)14-10(16)12-8/h2-5H,1H3,(H,14,16,17). The number of para-hydroxylation sites is 1. The van der Waals surface area contributed by atoms with Crippen LogP contribution >= 0.6 is 0 Å². The zero-order chi connectivity index (χ0) is 12.0. The fourth-order valence-electron chi connectivity index (χ4n) is 1.94. The minimum Gasteiger partial charge on any atom is -0.327 e. The van der Waals surface area contributed by atoms with Gasteiger partial charge in [-0.25, -0.2) is 9.59 Å². The molecule has 0 fully saturated rings. The Labute approximate surface area is 94.6 Å². The Kier molecular flexibility index (Phi) is 1.85. The van der Waals surface area contributed by atoms with E-state index < -0.39 is 11.4 Å². The van der Waals surface area contributed by atoms with Crippen molar-refractivity contribution in [3.63, 3.8) is 0 Å². The molecule has 0 aliphatic carbocycles. The zero-order valence-electron chi connectivity index (χ0n) is 8.97. The average molecular weight is 228 g/mol. The number of nitrogens with one attached hydrogen (secondary N) is 1. The highest BCUT2D eigenvalue weighted by molar-refractivity contribution is 6.03. The predicted molar refractivity (Wildman–Crippen MR) is 62.9 cm³/mol. The third-order valence-corrected chi connectivity index (χ3v) is 2.68. The first-order valence-electron chi connectivity index (χ1n) is 5.02. The summed E-state index contributed by atoms with van der Waals surface area (Å²) >= 11 is 0. The maximum absolute atomic E-state index is 11.3. The molecule has 0 bridgehead atoms. The van der Waals surface area contributed by atoms with Crippen molar-refractivity contribution in [2.45, 2.75) is 0 Å². The molecule has 0 radical (unpaired) electrons. The molecule has 0 atom stereocenters. The Bertz CT molecular complexity index is 847. The largest absolute Gasteiger partial charge is 0.351 e. The Morgan fingerprint density at radius 3 is 2.65 bits per heavy atom. The molecule has 1 N–H and O–H groups in total. The maximum atomic E-state index is 11.3. The van der Waals surface area contributed by atoms with E-state index in [4.69, 9.17) is 0 Å². The Morgan fingerprint density at radius 1 is 1.12 bits per heavy atom. The average Bonchev–Trinajstić information content (AvgIpc) is 2.46. The van der Waals surface area contributed by atoms with E-state index >= 15 is 0 Å². The first kappa shape index (κ1) is 9.71. The van der Waals surface area contributed by atoms with Crippen molar-refractivity contribution in [2.75, 3.05) is 0 Å². The third-order valence-electron chi connectivity index (χ3n) is 2.68. The topological polar surface area (TPSA) is 80.6 Å². The summed E-state index contributed by atoms with van der Waals surface area (Å²) in [5, 5.41) is 0.804. The molecule has 0 saturated carbocycles. The van der Waals surface area contributed by atoms with E-state index in [1.165, 1.54) is 0 Å². The van der Waals surface area contributed by atoms with Crippen LogP contribution in [0.25, 0.3) is 22.1 Å². The molecule has 84 valence electrons. The lowest BCUT2D eigenvalue weighted by atomic mass is 10.2. The number of rotatable bonds is 0. The third kappa shape index (κ3) is 1.34. The number of H-pyrrole nitrogens is 1. The number of fused-ring (bicyclic) bond motifs is 3. The number of aromatic nitrogens is 4. The van der Waals surface area contributed by atoms with Gasteiger partial charge in [0, 0.05) is 12.4 Å². The van der Waals surface area contributed by atoms with Crippen LogP contribution in [0.15, 0.2) is 33.9 Å². The number of hydrogen-bond acceptors (Lipinski definition) is 4. The number of hydrogen-bond donors (Lipinski definition) is 1. The van der Waals surface area contributed by atoms with Crippen LogP contribution < -0.4 is 11.4 Å². The van der Waals surface area contributed by atoms with E-state index in [1.54, 1.807) is 11.6 Å². The van der Waals surface area contributed by atoms with Gasteiger partial charge in [-0.1, -0.05) is 18.2 Å². The second-order valence-electron chi connectivity index (χ2n) is 3.71. The van der Waals surface area contributed by atoms with E-state index in [-0.39, 0.29) is 0 Å². The Hall–Kier alpha value is -2.50. The summed E-state index contributed by atoms with van der Waals surface area (Å²) in [4.78, 5) is 32.4. The number of benzene rings is 1. The molecular formula is C11H8N4O2. The van der Waals surface area contributed by atoms with Crippen molar-refractivity contribution >= 4 is 22.1 Å². The van der Waals surface area contributed by atoms with E-state index in [9.17, 15) is 9.59 Å². The van der Waals surface area contributed by atoms with E-state index in [1.807, 2.05) is 29.2 Å². The van der Waals surface area contributed by atoms with E-state index in [2.05, 4.69) is 9.97 Å². The summed E-state index contributed by atoms with van der Waals surface area (Å²) in [6.45, 7) is 0. The lowest BCUT2D eigenvalue weighted by Crippen LogP contribution is -2.17. The summed E-state index contributed by atoms with van der Waals surface area (Å²) < 4.78 is 1.74. The van der Waals surface area contributed by atoms with Gasteiger partial charge in [0.1, 0.15) is 5.52 Å². The van der Waals surface area contributed by atoms with Gasteiger partial charge >= 0.3 is 11.4 Å². The minimum atomic E-state index is -0.691. The molecule has 0 saturated heterocycles. The molecule has 2 heterocycles. The van der Waals surface area contributed by atoms with Crippen LogP contribution in [0.1, 0.15) is 0 Å². The lowest BCUT2D eigenvalue weighted by Gasteiger charge is -1.93. The van der Waals surface area contributed by atoms with Gasteiger partial charge in [-0.2, -0.15) is 9.97 Å². The molecule has 3 aromatic rings. The molecule has 0 spiro atoms. The summed E-state index contributed by atoms with van der Waals surface area (Å²) in [5.74, 6) is 0. The van der Waals surface area contributed by atoms with E-state index in [0.717, 1.165) is 10.9 Å². The van der Waals surface area contributed by atoms with Crippen molar-refractivity contribution in [3.05, 3.63) is 45.2 Å². The quantitative estimate of drug-likeness (QED) is 0.594. The van der Waals surface area contributed by atoms with Crippen LogP contribution in [0.5, 0.6) is 0 Å².